The Balaban J connectivity index is 2.15. The first-order valence-electron chi connectivity index (χ1n) is 21.9. The fourth-order valence-corrected chi connectivity index (χ4v) is 9.05. The quantitative estimate of drug-likeness (QED) is 0.0669. The molecule has 0 aliphatic carbocycles. The molecule has 7 N–H and O–H groups in total. The second kappa shape index (κ2) is 21.6. The van der Waals surface area contributed by atoms with Crippen LogP contribution in [0.25, 0.3) is 0 Å². The van der Waals surface area contributed by atoms with Gasteiger partial charge < -0.3 is 50.3 Å². The van der Waals surface area contributed by atoms with Crippen molar-refractivity contribution in [2.45, 2.75) is 179 Å². The Bertz CT molecular complexity index is 1880. The third-order valence-corrected chi connectivity index (χ3v) is 21.2. The van der Waals surface area contributed by atoms with Crippen LogP contribution in [0.3, 0.4) is 0 Å². The second-order valence-corrected chi connectivity index (χ2v) is 30.0. The molecule has 16 nitrogen and oxygen atoms in total. The van der Waals surface area contributed by atoms with E-state index in [1.807, 2.05) is 0 Å². The maximum atomic E-state index is 14.6. The zero-order valence-corrected chi connectivity index (χ0v) is 41.8. The first-order valence-corrected chi connectivity index (χ1v) is 27.7. The highest BCUT2D eigenvalue weighted by Crippen LogP contribution is 2.46. The molecule has 352 valence electrons. The van der Waals surface area contributed by atoms with Gasteiger partial charge in [-0.3, -0.25) is 23.5 Å². The Morgan fingerprint density at radius 1 is 0.871 bits per heavy atom. The molecule has 1 amide bonds. The summed E-state index contributed by atoms with van der Waals surface area (Å²) in [6.07, 6.45) is -2.10. The molecule has 0 unspecified atom stereocenters. The van der Waals surface area contributed by atoms with Gasteiger partial charge in [0.1, 0.15) is 41.8 Å². The Morgan fingerprint density at radius 3 is 1.98 bits per heavy atom. The van der Waals surface area contributed by atoms with Crippen LogP contribution in [-0.2, 0) is 34.5 Å². The SMILES string of the molecule is COc1ccc(Cn2c(=O)ccn([C@@H]3O[C@H]([C@H](O)[C@H](NCCCNC(=O)[C@@H](N)CCCCN)C(=O)OC(C)(C)C)[C@@H](O[Si](C)(C)C(C)(C)C)[C@H]3O[Si](C)(C)C(C)(C)C)c2=O)cc1. The monoisotopic (exact) mass is 907 g/mol. The zero-order chi connectivity index (χ0) is 47.0. The molecule has 1 aromatic heterocycles. The van der Waals surface area contributed by atoms with Crippen LogP contribution in [-0.4, -0.2) is 112 Å². The maximum Gasteiger partial charge on any atom is 0.333 e. The molecule has 0 saturated carbocycles. The molecule has 1 aliphatic rings. The van der Waals surface area contributed by atoms with E-state index in [0.717, 1.165) is 17.4 Å². The van der Waals surface area contributed by atoms with Crippen molar-refractivity contribution in [1.82, 2.24) is 19.8 Å². The van der Waals surface area contributed by atoms with Gasteiger partial charge in [-0.1, -0.05) is 60.1 Å². The standard InChI is InChI=1S/C44H78N6O10Si2/c1-42(2,3)58-40(54)33(47-25-17-26-48-38(53)31(46)18-15-16-24-45)34(52)35-36(59-61(11,12)43(4,5)6)37(60-62(13,14)44(7,8)9)39(57-35)49-27-23-32(51)50(41(49)55)28-29-19-21-30(56-10)22-20-29/h19-23,27,31,33-37,39,47,52H,15-18,24-26,28,45-46H2,1-14H3,(H,48,53)/t31-,33-,34+,35+,36+,37+,39+/m0/s1. The molecule has 3 rings (SSSR count). The lowest BCUT2D eigenvalue weighted by molar-refractivity contribution is -0.166. The minimum atomic E-state index is -2.71. The molecule has 62 heavy (non-hydrogen) atoms. The number of methoxy groups -OCH3 is 1. The van der Waals surface area contributed by atoms with Crippen LogP contribution in [0.2, 0.25) is 36.3 Å². The van der Waals surface area contributed by atoms with Crippen LogP contribution in [0.4, 0.5) is 0 Å². The van der Waals surface area contributed by atoms with E-state index in [2.05, 4.69) is 78.4 Å². The third-order valence-electron chi connectivity index (χ3n) is 12.2. The van der Waals surface area contributed by atoms with Gasteiger partial charge in [-0.15, -0.1) is 0 Å². The van der Waals surface area contributed by atoms with Crippen molar-refractivity contribution in [2.75, 3.05) is 26.7 Å². The number of unbranched alkanes of at least 4 members (excludes halogenated alkanes) is 1. The molecule has 1 aromatic carbocycles. The van der Waals surface area contributed by atoms with Crippen molar-refractivity contribution in [1.29, 1.82) is 0 Å². The number of nitrogens with one attached hydrogen (secondary N) is 2. The van der Waals surface area contributed by atoms with Gasteiger partial charge >= 0.3 is 11.7 Å². The highest BCUT2D eigenvalue weighted by atomic mass is 28.4. The minimum Gasteiger partial charge on any atom is -0.497 e. The smallest absolute Gasteiger partial charge is 0.333 e. The molecular weight excluding hydrogens is 829 g/mol. The number of amides is 1. The average molecular weight is 907 g/mol. The fourth-order valence-electron chi connectivity index (χ4n) is 6.47. The molecule has 2 aromatic rings. The number of hydrogen-bond acceptors (Lipinski definition) is 13. The van der Waals surface area contributed by atoms with E-state index in [-0.39, 0.29) is 35.6 Å². The van der Waals surface area contributed by atoms with Crippen LogP contribution in [0.15, 0.2) is 46.1 Å². The van der Waals surface area contributed by atoms with Crippen LogP contribution in [0.5, 0.6) is 5.75 Å². The number of esters is 1. The third kappa shape index (κ3) is 14.1. The van der Waals surface area contributed by atoms with Crippen molar-refractivity contribution in [3.8, 4) is 5.75 Å². The Kier molecular flexibility index (Phi) is 18.6. The Labute approximate surface area is 371 Å². The Morgan fingerprint density at radius 2 is 1.45 bits per heavy atom. The topological polar surface area (TPSA) is 221 Å². The second-order valence-electron chi connectivity index (χ2n) is 20.4. The number of rotatable bonds is 21. The molecule has 0 bridgehead atoms. The number of aliphatic hydroxyl groups excluding tert-OH is 1. The van der Waals surface area contributed by atoms with Crippen molar-refractivity contribution >= 4 is 28.5 Å². The summed E-state index contributed by atoms with van der Waals surface area (Å²) in [6, 6.07) is 6.40. The molecular formula is C44H78N6O10Si2. The fraction of sp³-hybridized carbons (Fsp3) is 0.727. The van der Waals surface area contributed by atoms with Gasteiger partial charge in [-0.05, 0) is 107 Å². The van der Waals surface area contributed by atoms with Gasteiger partial charge in [0.2, 0.25) is 5.91 Å². The van der Waals surface area contributed by atoms with E-state index in [9.17, 15) is 24.3 Å². The van der Waals surface area contributed by atoms with E-state index in [4.69, 9.17) is 34.5 Å². The molecule has 18 heteroatoms. The van der Waals surface area contributed by atoms with Gasteiger partial charge in [0, 0.05) is 18.8 Å². The summed E-state index contributed by atoms with van der Waals surface area (Å²) in [4.78, 5) is 54.6. The zero-order valence-electron chi connectivity index (χ0n) is 39.8. The maximum absolute atomic E-state index is 14.6. The van der Waals surface area contributed by atoms with Crippen LogP contribution in [0, 0.1) is 0 Å². The molecule has 2 heterocycles. The number of carbonyl (C=O) groups excluding carboxylic acids is 2. The van der Waals surface area contributed by atoms with E-state index >= 15 is 0 Å². The van der Waals surface area contributed by atoms with Crippen molar-refractivity contribution < 1.29 is 37.8 Å². The van der Waals surface area contributed by atoms with Gasteiger partial charge in [-0.2, -0.15) is 0 Å². The lowest BCUT2D eigenvalue weighted by Gasteiger charge is -2.44. The summed E-state index contributed by atoms with van der Waals surface area (Å²) < 4.78 is 34.9. The largest absolute Gasteiger partial charge is 0.497 e. The summed E-state index contributed by atoms with van der Waals surface area (Å²) in [6.45, 7) is 27.1. The van der Waals surface area contributed by atoms with Gasteiger partial charge in [0.25, 0.3) is 5.56 Å². The van der Waals surface area contributed by atoms with E-state index in [1.165, 1.54) is 16.8 Å². The summed E-state index contributed by atoms with van der Waals surface area (Å²) >= 11 is 0. The van der Waals surface area contributed by atoms with Crippen molar-refractivity contribution in [3.05, 3.63) is 62.9 Å². The number of ether oxygens (including phenoxy) is 3. The predicted octanol–water partition coefficient (Wildman–Crippen LogP) is 4.37. The number of aliphatic hydroxyl groups is 1. The number of nitrogens with two attached hydrogens (primary N) is 2. The highest BCUT2D eigenvalue weighted by Gasteiger charge is 2.57. The number of benzene rings is 1. The lowest BCUT2D eigenvalue weighted by atomic mass is 9.99. The van der Waals surface area contributed by atoms with E-state index in [0.29, 0.717) is 30.7 Å². The summed E-state index contributed by atoms with van der Waals surface area (Å²) in [5, 5.41) is 18.0. The van der Waals surface area contributed by atoms with Crippen molar-refractivity contribution in [3.63, 3.8) is 0 Å². The molecule has 0 radical (unpaired) electrons. The first-order chi connectivity index (χ1) is 28.5. The minimum absolute atomic E-state index is 0.0236. The normalized spacial score (nSPS) is 20.4. The molecule has 1 fully saturated rings. The first kappa shape index (κ1) is 53.1. The van der Waals surface area contributed by atoms with Crippen LogP contribution in [0.1, 0.15) is 99.8 Å². The molecule has 1 saturated heterocycles. The van der Waals surface area contributed by atoms with Crippen LogP contribution < -0.4 is 38.1 Å². The highest BCUT2D eigenvalue weighted by molar-refractivity contribution is 6.74. The summed E-state index contributed by atoms with van der Waals surface area (Å²) in [5.41, 5.74) is 10.3. The average Bonchev–Trinajstić information content (AvgIpc) is 3.48. The predicted molar refractivity (Wildman–Crippen MR) is 247 cm³/mol. The number of aromatic nitrogens is 2. The molecule has 0 spiro atoms. The number of carbonyl (C=O) groups is 2. The van der Waals surface area contributed by atoms with Crippen molar-refractivity contribution in [2.24, 2.45) is 11.5 Å². The summed E-state index contributed by atoms with van der Waals surface area (Å²) in [5.74, 6) is -0.365. The number of nitrogens with zero attached hydrogens (tertiary/aromatic N) is 2. The van der Waals surface area contributed by atoms with Gasteiger partial charge in [-0.25, -0.2) is 4.79 Å². The van der Waals surface area contributed by atoms with E-state index in [1.54, 1.807) is 52.1 Å². The lowest BCUT2D eigenvalue weighted by Crippen LogP contribution is -2.59. The molecule has 1 aliphatic heterocycles. The summed E-state index contributed by atoms with van der Waals surface area (Å²) in [7, 11) is -3.85. The Hall–Kier alpha value is -3.21. The molecule has 7 atom stereocenters. The van der Waals surface area contributed by atoms with E-state index < -0.39 is 82.2 Å². The van der Waals surface area contributed by atoms with Gasteiger partial charge in [0.15, 0.2) is 22.9 Å². The number of hydrogen-bond donors (Lipinski definition) is 5. The van der Waals surface area contributed by atoms with Gasteiger partial charge in [0.05, 0.1) is 19.7 Å². The van der Waals surface area contributed by atoms with Crippen LogP contribution >= 0.6 is 0 Å².